The van der Waals surface area contributed by atoms with Crippen LogP contribution in [0.1, 0.15) is 5.56 Å². The molecule has 1 aliphatic rings. The number of hydrazone groups is 1. The molecule has 0 N–H and O–H groups in total. The highest BCUT2D eigenvalue weighted by Gasteiger charge is 2.27. The Bertz CT molecular complexity index is 817. The second-order valence-electron chi connectivity index (χ2n) is 4.75. The van der Waals surface area contributed by atoms with E-state index in [0.717, 1.165) is 11.3 Å². The van der Waals surface area contributed by atoms with Crippen LogP contribution in [0.2, 0.25) is 0 Å². The van der Waals surface area contributed by atoms with E-state index < -0.39 is 0 Å². The van der Waals surface area contributed by atoms with E-state index in [-0.39, 0.29) is 0 Å². The molecular formula is C18H14N4O. The van der Waals surface area contributed by atoms with Crippen LogP contribution in [0.3, 0.4) is 0 Å². The summed E-state index contributed by atoms with van der Waals surface area (Å²) in [5.74, 6) is 0. The lowest BCUT2D eigenvalue weighted by atomic mass is 10.0. The number of hydrogen-bond donors (Lipinski definition) is 0. The summed E-state index contributed by atoms with van der Waals surface area (Å²) in [5, 5.41) is 19.8. The fourth-order valence-electron chi connectivity index (χ4n) is 2.36. The molecule has 5 heteroatoms. The van der Waals surface area contributed by atoms with Crippen LogP contribution in [0.25, 0.3) is 5.57 Å². The zero-order valence-electron chi connectivity index (χ0n) is 12.5. The van der Waals surface area contributed by atoms with Crippen molar-refractivity contribution < 1.29 is 4.84 Å². The van der Waals surface area contributed by atoms with Crippen LogP contribution in [0.5, 0.6) is 0 Å². The minimum Gasteiger partial charge on any atom is -0.399 e. The highest BCUT2D eigenvalue weighted by Crippen LogP contribution is 2.29. The van der Waals surface area contributed by atoms with Crippen molar-refractivity contribution in [2.45, 2.75) is 0 Å². The van der Waals surface area contributed by atoms with E-state index in [2.05, 4.69) is 16.3 Å². The molecule has 0 radical (unpaired) electrons. The van der Waals surface area contributed by atoms with Crippen LogP contribution in [-0.2, 0) is 4.84 Å². The molecular weight excluding hydrogens is 288 g/mol. The molecule has 0 aliphatic carbocycles. The second kappa shape index (κ2) is 6.58. The number of anilines is 1. The summed E-state index contributed by atoms with van der Waals surface area (Å²) in [6, 6.07) is 21.4. The Kier molecular flexibility index (Phi) is 4.16. The van der Waals surface area contributed by atoms with Crippen LogP contribution < -0.4 is 5.01 Å². The van der Waals surface area contributed by atoms with Gasteiger partial charge in [0.05, 0.1) is 17.5 Å². The molecule has 5 nitrogen and oxygen atoms in total. The SMILES string of the molecule is CO/N=C1\C=NN(c2ccccc2)\C1=C(/C#N)c1ccccc1. The molecule has 2 aromatic rings. The smallest absolute Gasteiger partial charge is 0.149 e. The molecule has 23 heavy (non-hydrogen) atoms. The van der Waals surface area contributed by atoms with Gasteiger partial charge in [-0.25, -0.2) is 5.01 Å². The first-order valence-corrected chi connectivity index (χ1v) is 7.05. The molecule has 0 fully saturated rings. The van der Waals surface area contributed by atoms with Crippen molar-refractivity contribution in [1.29, 1.82) is 5.26 Å². The van der Waals surface area contributed by atoms with E-state index in [9.17, 15) is 5.26 Å². The molecule has 0 bridgehead atoms. The van der Waals surface area contributed by atoms with Crippen LogP contribution in [-0.4, -0.2) is 19.0 Å². The highest BCUT2D eigenvalue weighted by atomic mass is 16.6. The number of oxime groups is 1. The fraction of sp³-hybridized carbons (Fsp3) is 0.0556. The standard InChI is InChI=1S/C18H14N4O/c1-23-21-17-13-20-22(15-10-6-3-7-11-15)18(17)16(12-19)14-8-4-2-5-9-14/h2-11,13H,1H3/b18-16+,21-17+. The molecule has 0 amide bonds. The number of nitriles is 1. The molecule has 0 saturated heterocycles. The van der Waals surface area contributed by atoms with Crippen molar-refractivity contribution in [1.82, 2.24) is 0 Å². The van der Waals surface area contributed by atoms with Crippen LogP contribution >= 0.6 is 0 Å². The minimum atomic E-state index is 0.489. The predicted molar refractivity (Wildman–Crippen MR) is 90.8 cm³/mol. The van der Waals surface area contributed by atoms with Crippen molar-refractivity contribution in [2.75, 3.05) is 12.1 Å². The summed E-state index contributed by atoms with van der Waals surface area (Å²) in [4.78, 5) is 4.90. The number of allylic oxidation sites excluding steroid dienone is 2. The van der Waals surface area contributed by atoms with Crippen LogP contribution in [0.15, 0.2) is 76.6 Å². The topological polar surface area (TPSA) is 61.0 Å². The maximum absolute atomic E-state index is 9.70. The summed E-state index contributed by atoms with van der Waals surface area (Å²) in [6.07, 6.45) is 1.59. The Morgan fingerprint density at radius 1 is 1.09 bits per heavy atom. The summed E-state index contributed by atoms with van der Waals surface area (Å²) in [6.45, 7) is 0. The average molecular weight is 302 g/mol. The minimum absolute atomic E-state index is 0.489. The van der Waals surface area contributed by atoms with Gasteiger partial charge in [0, 0.05) is 0 Å². The molecule has 1 aliphatic heterocycles. The van der Waals surface area contributed by atoms with E-state index in [1.165, 1.54) is 7.11 Å². The zero-order chi connectivity index (χ0) is 16.1. The Morgan fingerprint density at radius 2 is 1.74 bits per heavy atom. The number of hydrogen-bond acceptors (Lipinski definition) is 5. The number of rotatable bonds is 3. The maximum atomic E-state index is 9.70. The quantitative estimate of drug-likeness (QED) is 0.644. The molecule has 1 heterocycles. The van der Waals surface area contributed by atoms with Gasteiger partial charge in [-0.05, 0) is 17.7 Å². The van der Waals surface area contributed by atoms with Gasteiger partial charge in [-0.2, -0.15) is 10.4 Å². The fourth-order valence-corrected chi connectivity index (χ4v) is 2.36. The van der Waals surface area contributed by atoms with E-state index in [1.807, 2.05) is 60.7 Å². The largest absolute Gasteiger partial charge is 0.399 e. The van der Waals surface area contributed by atoms with Crippen molar-refractivity contribution in [3.8, 4) is 6.07 Å². The van der Waals surface area contributed by atoms with Gasteiger partial charge in [0.2, 0.25) is 0 Å². The first-order chi connectivity index (χ1) is 11.3. The molecule has 0 atom stereocenters. The van der Waals surface area contributed by atoms with Crippen LogP contribution in [0.4, 0.5) is 5.69 Å². The molecule has 0 spiro atoms. The van der Waals surface area contributed by atoms with Gasteiger partial charge in [0.15, 0.2) is 0 Å². The monoisotopic (exact) mass is 302 g/mol. The third-order valence-electron chi connectivity index (χ3n) is 3.35. The second-order valence-corrected chi connectivity index (χ2v) is 4.75. The lowest BCUT2D eigenvalue weighted by Gasteiger charge is -2.18. The van der Waals surface area contributed by atoms with E-state index >= 15 is 0 Å². The Morgan fingerprint density at radius 3 is 2.35 bits per heavy atom. The summed E-state index contributed by atoms with van der Waals surface area (Å²) in [7, 11) is 1.47. The molecule has 112 valence electrons. The lowest BCUT2D eigenvalue weighted by Crippen LogP contribution is -2.17. The van der Waals surface area contributed by atoms with Gasteiger partial charge in [-0.1, -0.05) is 53.7 Å². The molecule has 3 rings (SSSR count). The van der Waals surface area contributed by atoms with Gasteiger partial charge in [-0.3, -0.25) is 0 Å². The summed E-state index contributed by atoms with van der Waals surface area (Å²) >= 11 is 0. The van der Waals surface area contributed by atoms with Crippen molar-refractivity contribution in [3.63, 3.8) is 0 Å². The predicted octanol–water partition coefficient (Wildman–Crippen LogP) is 3.43. The Hall–Kier alpha value is -3.39. The average Bonchev–Trinajstić information content (AvgIpc) is 3.01. The Labute approximate surface area is 134 Å². The first kappa shape index (κ1) is 14.5. The third kappa shape index (κ3) is 2.83. The first-order valence-electron chi connectivity index (χ1n) is 7.05. The number of nitrogens with zero attached hydrogens (tertiary/aromatic N) is 4. The molecule has 2 aromatic carbocycles. The van der Waals surface area contributed by atoms with Crippen molar-refractivity contribution >= 4 is 23.2 Å². The van der Waals surface area contributed by atoms with Crippen molar-refractivity contribution in [3.05, 3.63) is 71.9 Å². The molecule has 0 saturated carbocycles. The van der Waals surface area contributed by atoms with Gasteiger partial charge in [0.25, 0.3) is 0 Å². The lowest BCUT2D eigenvalue weighted by molar-refractivity contribution is 0.214. The number of para-hydroxylation sites is 1. The molecule has 0 unspecified atom stereocenters. The third-order valence-corrected chi connectivity index (χ3v) is 3.35. The van der Waals surface area contributed by atoms with Gasteiger partial charge in [0.1, 0.15) is 24.6 Å². The summed E-state index contributed by atoms with van der Waals surface area (Å²) in [5.41, 5.74) is 3.26. The van der Waals surface area contributed by atoms with Gasteiger partial charge < -0.3 is 4.84 Å². The van der Waals surface area contributed by atoms with Crippen molar-refractivity contribution in [2.24, 2.45) is 10.3 Å². The van der Waals surface area contributed by atoms with Gasteiger partial charge >= 0.3 is 0 Å². The number of benzene rings is 2. The normalized spacial score (nSPS) is 17.2. The Balaban J connectivity index is 2.19. The van der Waals surface area contributed by atoms with Crippen LogP contribution in [0, 0.1) is 11.3 Å². The highest BCUT2D eigenvalue weighted by molar-refractivity contribution is 6.43. The summed E-state index contributed by atoms with van der Waals surface area (Å²) < 4.78 is 0. The van der Waals surface area contributed by atoms with E-state index in [4.69, 9.17) is 4.84 Å². The molecule has 0 aromatic heterocycles. The maximum Gasteiger partial charge on any atom is 0.149 e. The van der Waals surface area contributed by atoms with Gasteiger partial charge in [-0.15, -0.1) is 0 Å². The van der Waals surface area contributed by atoms with E-state index in [0.29, 0.717) is 17.0 Å². The zero-order valence-corrected chi connectivity index (χ0v) is 12.5. The van der Waals surface area contributed by atoms with E-state index in [1.54, 1.807) is 11.2 Å².